The van der Waals surface area contributed by atoms with Gasteiger partial charge >= 0.3 is 0 Å². The molecule has 16 heavy (non-hydrogen) atoms. The van der Waals surface area contributed by atoms with Crippen LogP contribution in [0.4, 0.5) is 8.78 Å². The Bertz CT molecular complexity index is 400. The van der Waals surface area contributed by atoms with E-state index < -0.39 is 23.1 Å². The summed E-state index contributed by atoms with van der Waals surface area (Å²) in [5.74, 6) is -2.17. The van der Waals surface area contributed by atoms with Crippen LogP contribution in [0.3, 0.4) is 0 Å². The third-order valence-corrected chi connectivity index (χ3v) is 2.55. The van der Waals surface area contributed by atoms with Gasteiger partial charge in [0.25, 0.3) is 5.91 Å². The van der Waals surface area contributed by atoms with E-state index in [1.165, 1.54) is 17.9 Å². The average molecular weight is 227 g/mol. The largest absolute Gasteiger partial charge is 0.339 e. The van der Waals surface area contributed by atoms with Crippen LogP contribution in [0.15, 0.2) is 12.1 Å². The van der Waals surface area contributed by atoms with Crippen molar-refractivity contribution in [1.29, 1.82) is 0 Å². The highest BCUT2D eigenvalue weighted by atomic mass is 19.1. The minimum absolute atomic E-state index is 0.275. The number of carbonyl (C=O) groups is 1. The normalized spacial score (nSPS) is 10.3. The SMILES string of the molecule is CCN(CC)C(=O)c1c(F)ccc(C)c1F. The molecule has 1 aromatic carbocycles. The second-order valence-electron chi connectivity index (χ2n) is 3.53. The van der Waals surface area contributed by atoms with E-state index in [4.69, 9.17) is 0 Å². The molecule has 0 unspecified atom stereocenters. The standard InChI is InChI=1S/C12H15F2NO/c1-4-15(5-2)12(16)10-9(13)7-6-8(3)11(10)14/h6-7H,4-5H2,1-3H3. The van der Waals surface area contributed by atoms with Gasteiger partial charge in [0.05, 0.1) is 0 Å². The van der Waals surface area contributed by atoms with Crippen molar-refractivity contribution in [3.8, 4) is 0 Å². The van der Waals surface area contributed by atoms with Crippen LogP contribution in [-0.4, -0.2) is 23.9 Å². The molecule has 0 spiro atoms. The molecule has 0 aliphatic heterocycles. The fourth-order valence-electron chi connectivity index (χ4n) is 1.52. The van der Waals surface area contributed by atoms with Gasteiger partial charge in [-0.3, -0.25) is 4.79 Å². The molecular formula is C12H15F2NO. The van der Waals surface area contributed by atoms with Crippen LogP contribution in [0.25, 0.3) is 0 Å². The second kappa shape index (κ2) is 5.05. The van der Waals surface area contributed by atoms with Crippen molar-refractivity contribution in [2.24, 2.45) is 0 Å². The van der Waals surface area contributed by atoms with Gasteiger partial charge in [-0.25, -0.2) is 8.78 Å². The van der Waals surface area contributed by atoms with Gasteiger partial charge < -0.3 is 4.90 Å². The number of carbonyl (C=O) groups excluding carboxylic acids is 1. The van der Waals surface area contributed by atoms with Gasteiger partial charge in [-0.15, -0.1) is 0 Å². The lowest BCUT2D eigenvalue weighted by atomic mass is 10.1. The molecule has 0 atom stereocenters. The number of aryl methyl sites for hydroxylation is 1. The fourth-order valence-corrected chi connectivity index (χ4v) is 1.52. The number of benzene rings is 1. The van der Waals surface area contributed by atoms with Crippen LogP contribution in [0, 0.1) is 18.6 Å². The van der Waals surface area contributed by atoms with Crippen LogP contribution < -0.4 is 0 Å². The zero-order chi connectivity index (χ0) is 12.3. The Balaban J connectivity index is 3.22. The van der Waals surface area contributed by atoms with Gasteiger partial charge in [-0.05, 0) is 32.4 Å². The summed E-state index contributed by atoms with van der Waals surface area (Å²) < 4.78 is 27.1. The number of nitrogens with zero attached hydrogens (tertiary/aromatic N) is 1. The van der Waals surface area contributed by atoms with Gasteiger partial charge in [-0.2, -0.15) is 0 Å². The smallest absolute Gasteiger partial charge is 0.259 e. The minimum atomic E-state index is -0.806. The molecule has 0 radical (unpaired) electrons. The average Bonchev–Trinajstić information content (AvgIpc) is 2.26. The number of hydrogen-bond acceptors (Lipinski definition) is 1. The van der Waals surface area contributed by atoms with Crippen molar-refractivity contribution < 1.29 is 13.6 Å². The lowest BCUT2D eigenvalue weighted by molar-refractivity contribution is 0.0763. The lowest BCUT2D eigenvalue weighted by Gasteiger charge is -2.19. The Hall–Kier alpha value is -1.45. The number of halogens is 2. The van der Waals surface area contributed by atoms with Crippen molar-refractivity contribution in [1.82, 2.24) is 4.90 Å². The van der Waals surface area contributed by atoms with Crippen LogP contribution in [-0.2, 0) is 0 Å². The monoisotopic (exact) mass is 227 g/mol. The summed E-state index contributed by atoms with van der Waals surface area (Å²) in [4.78, 5) is 13.2. The van der Waals surface area contributed by atoms with Gasteiger partial charge in [-0.1, -0.05) is 6.07 Å². The maximum Gasteiger partial charge on any atom is 0.259 e. The molecule has 4 heteroatoms. The molecular weight excluding hydrogens is 212 g/mol. The van der Waals surface area contributed by atoms with Crippen molar-refractivity contribution in [3.05, 3.63) is 34.9 Å². The van der Waals surface area contributed by atoms with Crippen molar-refractivity contribution >= 4 is 5.91 Å². The van der Waals surface area contributed by atoms with E-state index in [-0.39, 0.29) is 5.56 Å². The highest BCUT2D eigenvalue weighted by molar-refractivity contribution is 5.95. The van der Waals surface area contributed by atoms with Gasteiger partial charge in [0.1, 0.15) is 17.2 Å². The van der Waals surface area contributed by atoms with Crippen molar-refractivity contribution in [3.63, 3.8) is 0 Å². The Labute approximate surface area is 93.9 Å². The first kappa shape index (κ1) is 12.6. The maximum absolute atomic E-state index is 13.7. The Kier molecular flexibility index (Phi) is 3.99. The molecule has 0 fully saturated rings. The zero-order valence-electron chi connectivity index (χ0n) is 9.68. The van der Waals surface area contributed by atoms with Crippen molar-refractivity contribution in [2.45, 2.75) is 20.8 Å². The number of hydrogen-bond donors (Lipinski definition) is 0. The molecule has 0 heterocycles. The summed E-state index contributed by atoms with van der Waals surface area (Å²) >= 11 is 0. The molecule has 1 amide bonds. The summed E-state index contributed by atoms with van der Waals surface area (Å²) in [7, 11) is 0. The van der Waals surface area contributed by atoms with Crippen molar-refractivity contribution in [2.75, 3.05) is 13.1 Å². The third-order valence-electron chi connectivity index (χ3n) is 2.55. The Morgan fingerprint density at radius 1 is 1.25 bits per heavy atom. The predicted octanol–water partition coefficient (Wildman–Crippen LogP) is 2.76. The Morgan fingerprint density at radius 3 is 2.31 bits per heavy atom. The van der Waals surface area contributed by atoms with E-state index in [2.05, 4.69) is 0 Å². The molecule has 0 saturated heterocycles. The first-order chi connectivity index (χ1) is 7.52. The summed E-state index contributed by atoms with van der Waals surface area (Å²) in [5.41, 5.74) is -0.180. The first-order valence-electron chi connectivity index (χ1n) is 5.26. The molecule has 0 saturated carbocycles. The molecule has 1 aromatic rings. The van der Waals surface area contributed by atoms with Crippen LogP contribution in [0.2, 0.25) is 0 Å². The first-order valence-corrected chi connectivity index (χ1v) is 5.26. The van der Waals surface area contributed by atoms with E-state index in [0.717, 1.165) is 6.07 Å². The van der Waals surface area contributed by atoms with Crippen LogP contribution in [0.5, 0.6) is 0 Å². The van der Waals surface area contributed by atoms with Crippen LogP contribution >= 0.6 is 0 Å². The summed E-state index contributed by atoms with van der Waals surface area (Å²) in [6, 6.07) is 2.44. The van der Waals surface area contributed by atoms with Crippen LogP contribution in [0.1, 0.15) is 29.8 Å². The number of amides is 1. The fraction of sp³-hybridized carbons (Fsp3) is 0.417. The van der Waals surface area contributed by atoms with Gasteiger partial charge in [0.15, 0.2) is 0 Å². The van der Waals surface area contributed by atoms with E-state index in [9.17, 15) is 13.6 Å². The van der Waals surface area contributed by atoms with E-state index in [1.807, 2.05) is 0 Å². The topological polar surface area (TPSA) is 20.3 Å². The van der Waals surface area contributed by atoms with E-state index in [0.29, 0.717) is 13.1 Å². The molecule has 88 valence electrons. The highest BCUT2D eigenvalue weighted by Crippen LogP contribution is 2.18. The third kappa shape index (κ3) is 2.21. The van der Waals surface area contributed by atoms with Gasteiger partial charge in [0, 0.05) is 13.1 Å². The lowest BCUT2D eigenvalue weighted by Crippen LogP contribution is -2.32. The maximum atomic E-state index is 13.7. The molecule has 0 N–H and O–H groups in total. The Morgan fingerprint density at radius 2 is 1.81 bits per heavy atom. The molecule has 2 nitrogen and oxygen atoms in total. The molecule has 1 rings (SSSR count). The second-order valence-corrected chi connectivity index (χ2v) is 3.53. The minimum Gasteiger partial charge on any atom is -0.339 e. The predicted molar refractivity (Wildman–Crippen MR) is 58.3 cm³/mol. The summed E-state index contributed by atoms with van der Waals surface area (Å²) in [5, 5.41) is 0. The van der Waals surface area contributed by atoms with E-state index in [1.54, 1.807) is 13.8 Å². The molecule has 0 aliphatic rings. The quantitative estimate of drug-likeness (QED) is 0.777. The number of rotatable bonds is 3. The summed E-state index contributed by atoms with van der Waals surface area (Å²) in [6.45, 7) is 5.91. The molecule has 0 aromatic heterocycles. The molecule has 0 bridgehead atoms. The highest BCUT2D eigenvalue weighted by Gasteiger charge is 2.22. The summed E-state index contributed by atoms with van der Waals surface area (Å²) in [6.07, 6.45) is 0. The molecule has 0 aliphatic carbocycles. The van der Waals surface area contributed by atoms with Gasteiger partial charge in [0.2, 0.25) is 0 Å². The zero-order valence-corrected chi connectivity index (χ0v) is 9.68. The van der Waals surface area contributed by atoms with E-state index >= 15 is 0 Å².